The maximum atomic E-state index is 11.8. The SMILES string of the molecule is C=C(CC)CNCCNC(=O)c1ccc(C)cc1. The van der Waals surface area contributed by atoms with Crippen molar-refractivity contribution in [1.29, 1.82) is 0 Å². The van der Waals surface area contributed by atoms with Gasteiger partial charge in [0.1, 0.15) is 0 Å². The third kappa shape index (κ3) is 5.15. The van der Waals surface area contributed by atoms with Crippen LogP contribution in [0.25, 0.3) is 0 Å². The van der Waals surface area contributed by atoms with Crippen molar-refractivity contribution in [3.8, 4) is 0 Å². The Kier molecular flexibility index (Phi) is 6.15. The Morgan fingerprint density at radius 3 is 2.50 bits per heavy atom. The second-order valence-corrected chi connectivity index (χ2v) is 4.40. The molecule has 0 aliphatic carbocycles. The molecular weight excluding hydrogens is 224 g/mol. The first-order valence-corrected chi connectivity index (χ1v) is 6.35. The maximum Gasteiger partial charge on any atom is 0.251 e. The first-order valence-electron chi connectivity index (χ1n) is 6.35. The Morgan fingerprint density at radius 2 is 1.89 bits per heavy atom. The van der Waals surface area contributed by atoms with Crippen LogP contribution in [0.5, 0.6) is 0 Å². The van der Waals surface area contributed by atoms with Gasteiger partial charge < -0.3 is 10.6 Å². The van der Waals surface area contributed by atoms with E-state index in [0.717, 1.165) is 25.1 Å². The Hall–Kier alpha value is -1.61. The predicted molar refractivity (Wildman–Crippen MR) is 75.8 cm³/mol. The molecule has 0 spiro atoms. The molecule has 1 aromatic carbocycles. The van der Waals surface area contributed by atoms with Gasteiger partial charge in [0.2, 0.25) is 0 Å². The van der Waals surface area contributed by atoms with E-state index in [0.29, 0.717) is 12.1 Å². The van der Waals surface area contributed by atoms with E-state index in [4.69, 9.17) is 0 Å². The highest BCUT2D eigenvalue weighted by Crippen LogP contribution is 2.02. The van der Waals surface area contributed by atoms with Crippen LogP contribution in [0.4, 0.5) is 0 Å². The number of aryl methyl sites for hydroxylation is 1. The van der Waals surface area contributed by atoms with E-state index in [9.17, 15) is 4.79 Å². The lowest BCUT2D eigenvalue weighted by molar-refractivity contribution is 0.0954. The minimum Gasteiger partial charge on any atom is -0.351 e. The van der Waals surface area contributed by atoms with E-state index in [1.165, 1.54) is 5.57 Å². The van der Waals surface area contributed by atoms with Gasteiger partial charge in [0.25, 0.3) is 5.91 Å². The van der Waals surface area contributed by atoms with Gasteiger partial charge in [0.15, 0.2) is 0 Å². The standard InChI is InChI=1S/C15H22N2O/c1-4-12(2)11-16-9-10-17-15(18)14-7-5-13(3)6-8-14/h5-8,16H,2,4,9-11H2,1,3H3,(H,17,18). The normalized spacial score (nSPS) is 10.1. The molecule has 0 aliphatic heterocycles. The van der Waals surface area contributed by atoms with Gasteiger partial charge in [0, 0.05) is 25.2 Å². The van der Waals surface area contributed by atoms with Crippen LogP contribution in [0.1, 0.15) is 29.3 Å². The summed E-state index contributed by atoms with van der Waals surface area (Å²) in [6, 6.07) is 7.57. The van der Waals surface area contributed by atoms with Crippen molar-refractivity contribution in [2.24, 2.45) is 0 Å². The minimum atomic E-state index is -0.0221. The number of hydrogen-bond acceptors (Lipinski definition) is 2. The quantitative estimate of drug-likeness (QED) is 0.572. The summed E-state index contributed by atoms with van der Waals surface area (Å²) in [5, 5.41) is 6.12. The molecule has 0 atom stereocenters. The smallest absolute Gasteiger partial charge is 0.251 e. The van der Waals surface area contributed by atoms with Crippen molar-refractivity contribution < 1.29 is 4.79 Å². The fourth-order valence-electron chi connectivity index (χ4n) is 1.46. The first-order chi connectivity index (χ1) is 8.63. The molecule has 0 aliphatic rings. The lowest BCUT2D eigenvalue weighted by atomic mass is 10.1. The van der Waals surface area contributed by atoms with E-state index in [-0.39, 0.29) is 5.91 Å². The Morgan fingerprint density at radius 1 is 1.22 bits per heavy atom. The van der Waals surface area contributed by atoms with Crippen molar-refractivity contribution in [3.05, 3.63) is 47.5 Å². The first kappa shape index (κ1) is 14.5. The molecule has 0 bridgehead atoms. The average molecular weight is 246 g/mol. The molecule has 0 saturated heterocycles. The summed E-state index contributed by atoms with van der Waals surface area (Å²) in [6.07, 6.45) is 0.989. The van der Waals surface area contributed by atoms with Gasteiger partial charge in [-0.25, -0.2) is 0 Å². The minimum absolute atomic E-state index is 0.0221. The van der Waals surface area contributed by atoms with Crippen LogP contribution < -0.4 is 10.6 Å². The van der Waals surface area contributed by atoms with E-state index in [1.807, 2.05) is 31.2 Å². The number of rotatable bonds is 7. The van der Waals surface area contributed by atoms with Crippen molar-refractivity contribution in [2.75, 3.05) is 19.6 Å². The summed E-state index contributed by atoms with van der Waals surface area (Å²) in [7, 11) is 0. The van der Waals surface area contributed by atoms with Crippen molar-refractivity contribution in [1.82, 2.24) is 10.6 Å². The second-order valence-electron chi connectivity index (χ2n) is 4.40. The van der Waals surface area contributed by atoms with E-state index >= 15 is 0 Å². The molecule has 0 fully saturated rings. The summed E-state index contributed by atoms with van der Waals surface area (Å²) >= 11 is 0. The Labute approximate surface area is 109 Å². The molecule has 98 valence electrons. The lowest BCUT2D eigenvalue weighted by Crippen LogP contribution is -2.32. The maximum absolute atomic E-state index is 11.8. The number of hydrogen-bond donors (Lipinski definition) is 2. The van der Waals surface area contributed by atoms with Crippen LogP contribution >= 0.6 is 0 Å². The molecule has 1 rings (SSSR count). The second kappa shape index (κ2) is 7.67. The van der Waals surface area contributed by atoms with Crippen LogP contribution in [-0.4, -0.2) is 25.5 Å². The highest BCUT2D eigenvalue weighted by atomic mass is 16.1. The molecule has 1 amide bonds. The molecule has 2 N–H and O–H groups in total. The van der Waals surface area contributed by atoms with Gasteiger partial charge >= 0.3 is 0 Å². The van der Waals surface area contributed by atoms with Crippen LogP contribution in [0.3, 0.4) is 0 Å². The van der Waals surface area contributed by atoms with E-state index < -0.39 is 0 Å². The topological polar surface area (TPSA) is 41.1 Å². The summed E-state index contributed by atoms with van der Waals surface area (Å²) < 4.78 is 0. The molecule has 0 unspecified atom stereocenters. The monoisotopic (exact) mass is 246 g/mol. The third-order valence-corrected chi connectivity index (χ3v) is 2.78. The molecule has 0 aromatic heterocycles. The molecule has 3 heteroatoms. The predicted octanol–water partition coefficient (Wildman–Crippen LogP) is 2.28. The van der Waals surface area contributed by atoms with Gasteiger partial charge in [-0.05, 0) is 25.5 Å². The van der Waals surface area contributed by atoms with Crippen LogP contribution in [0.15, 0.2) is 36.4 Å². The van der Waals surface area contributed by atoms with Gasteiger partial charge in [-0.15, -0.1) is 0 Å². The van der Waals surface area contributed by atoms with E-state index in [1.54, 1.807) is 0 Å². The number of amides is 1. The van der Waals surface area contributed by atoms with Crippen LogP contribution in [0, 0.1) is 6.92 Å². The summed E-state index contributed by atoms with van der Waals surface area (Å²) in [5.41, 5.74) is 3.05. The Bertz CT molecular complexity index is 395. The number of nitrogens with one attached hydrogen (secondary N) is 2. The Balaban J connectivity index is 2.21. The zero-order valence-electron chi connectivity index (χ0n) is 11.3. The summed E-state index contributed by atoms with van der Waals surface area (Å²) in [4.78, 5) is 11.8. The molecular formula is C15H22N2O. The highest BCUT2D eigenvalue weighted by molar-refractivity contribution is 5.94. The van der Waals surface area contributed by atoms with E-state index in [2.05, 4.69) is 24.1 Å². The fourth-order valence-corrected chi connectivity index (χ4v) is 1.46. The number of carbonyl (C=O) groups is 1. The lowest BCUT2D eigenvalue weighted by Gasteiger charge is -2.07. The van der Waals surface area contributed by atoms with Gasteiger partial charge in [-0.1, -0.05) is 36.8 Å². The zero-order chi connectivity index (χ0) is 13.4. The largest absolute Gasteiger partial charge is 0.351 e. The number of carbonyl (C=O) groups excluding carboxylic acids is 1. The van der Waals surface area contributed by atoms with Crippen molar-refractivity contribution in [3.63, 3.8) is 0 Å². The van der Waals surface area contributed by atoms with Gasteiger partial charge in [-0.2, -0.15) is 0 Å². The van der Waals surface area contributed by atoms with Gasteiger partial charge in [-0.3, -0.25) is 4.79 Å². The highest BCUT2D eigenvalue weighted by Gasteiger charge is 2.03. The summed E-state index contributed by atoms with van der Waals surface area (Å²) in [5.74, 6) is -0.0221. The summed E-state index contributed by atoms with van der Waals surface area (Å²) in [6.45, 7) is 10.2. The third-order valence-electron chi connectivity index (χ3n) is 2.78. The van der Waals surface area contributed by atoms with Crippen molar-refractivity contribution >= 4 is 5.91 Å². The molecule has 1 aromatic rings. The molecule has 3 nitrogen and oxygen atoms in total. The molecule has 0 saturated carbocycles. The molecule has 18 heavy (non-hydrogen) atoms. The van der Waals surface area contributed by atoms with Gasteiger partial charge in [0.05, 0.1) is 0 Å². The zero-order valence-corrected chi connectivity index (χ0v) is 11.3. The molecule has 0 heterocycles. The number of benzene rings is 1. The fraction of sp³-hybridized carbons (Fsp3) is 0.400. The van der Waals surface area contributed by atoms with Crippen LogP contribution in [0.2, 0.25) is 0 Å². The van der Waals surface area contributed by atoms with Crippen LogP contribution in [-0.2, 0) is 0 Å². The van der Waals surface area contributed by atoms with Crippen molar-refractivity contribution in [2.45, 2.75) is 20.3 Å². The molecule has 0 radical (unpaired) electrons. The average Bonchev–Trinajstić information content (AvgIpc) is 2.38.